The molecule has 0 aromatic heterocycles. The number of nitrogens with one attached hydrogen (secondary N) is 1. The van der Waals surface area contributed by atoms with E-state index in [0.717, 1.165) is 6.07 Å². The van der Waals surface area contributed by atoms with E-state index in [9.17, 15) is 18.0 Å². The number of carbonyl (C=O) groups excluding carboxylic acids is 1. The smallest absolute Gasteiger partial charge is 0.394 e. The Balaban J connectivity index is 2.96. The molecule has 5 N–H and O–H groups in total. The quantitative estimate of drug-likeness (QED) is 0.592. The summed E-state index contributed by atoms with van der Waals surface area (Å²) in [6.45, 7) is -0.568. The van der Waals surface area contributed by atoms with Crippen molar-refractivity contribution in [3.63, 3.8) is 0 Å². The van der Waals surface area contributed by atoms with Gasteiger partial charge in [0.2, 0.25) is 5.91 Å². The van der Waals surface area contributed by atoms with Crippen LogP contribution in [-0.4, -0.2) is 40.9 Å². The summed E-state index contributed by atoms with van der Waals surface area (Å²) in [5.74, 6) is -0.861. The van der Waals surface area contributed by atoms with Crippen LogP contribution >= 0.6 is 11.8 Å². The van der Waals surface area contributed by atoms with Gasteiger partial charge in [-0.3, -0.25) is 4.79 Å². The molecule has 0 aliphatic rings. The Kier molecular flexibility index (Phi) is 5.66. The monoisotopic (exact) mass is 310 g/mol. The fourth-order valence-electron chi connectivity index (χ4n) is 1.34. The van der Waals surface area contributed by atoms with Gasteiger partial charge in [-0.05, 0) is 30.0 Å². The molecule has 0 fully saturated rings. The molecular weight excluding hydrogens is 297 g/mol. The molecule has 0 radical (unpaired) electrons. The van der Waals surface area contributed by atoms with Crippen molar-refractivity contribution >= 4 is 23.4 Å². The number of hydrogen-bond donors (Lipinski definition) is 4. The van der Waals surface area contributed by atoms with E-state index in [1.807, 2.05) is 0 Å². The number of aliphatic hydroxyl groups is 2. The number of benzene rings is 1. The molecule has 5 nitrogen and oxygen atoms in total. The molecule has 1 aromatic carbocycles. The minimum atomic E-state index is -4.49. The summed E-state index contributed by atoms with van der Waals surface area (Å²) in [4.78, 5) is 10.9. The number of anilines is 1. The molecule has 1 aromatic rings. The number of primary amides is 1. The molecule has 0 heterocycles. The largest absolute Gasteiger partial charge is 0.446 e. The van der Waals surface area contributed by atoms with Crippen LogP contribution in [0.3, 0.4) is 0 Å². The molecule has 0 aliphatic carbocycles. The van der Waals surface area contributed by atoms with Gasteiger partial charge in [0.25, 0.3) is 0 Å². The fraction of sp³-hybridized carbons (Fsp3) is 0.364. The van der Waals surface area contributed by atoms with E-state index in [4.69, 9.17) is 15.9 Å². The third kappa shape index (κ3) is 5.68. The Labute approximate surface area is 117 Å². The number of amides is 1. The average molecular weight is 310 g/mol. The van der Waals surface area contributed by atoms with Crippen LogP contribution in [0, 0.1) is 0 Å². The lowest BCUT2D eigenvalue weighted by molar-refractivity contribution is -0.0328. The molecule has 1 amide bonds. The molecule has 0 aliphatic heterocycles. The summed E-state index contributed by atoms with van der Waals surface area (Å²) in [5, 5.41) is 20.4. The number of nitrogens with two attached hydrogens (primary N) is 1. The number of thioether (sulfide) groups is 1. The number of aliphatic hydroxyl groups excluding tert-OH is 2. The van der Waals surface area contributed by atoms with Crippen LogP contribution in [0.1, 0.15) is 10.4 Å². The van der Waals surface area contributed by atoms with Crippen LogP contribution < -0.4 is 11.1 Å². The maximum Gasteiger partial charge on any atom is 0.446 e. The Morgan fingerprint density at radius 1 is 1.40 bits per heavy atom. The SMILES string of the molecule is NC(=O)c1cc(NCC(O)CO)cc(SC(F)(F)F)c1. The molecule has 112 valence electrons. The zero-order chi connectivity index (χ0) is 15.3. The van der Waals surface area contributed by atoms with Crippen molar-refractivity contribution in [2.24, 2.45) is 5.73 Å². The van der Waals surface area contributed by atoms with E-state index in [1.165, 1.54) is 12.1 Å². The number of alkyl halides is 3. The van der Waals surface area contributed by atoms with Crippen LogP contribution in [0.2, 0.25) is 0 Å². The van der Waals surface area contributed by atoms with Crippen molar-refractivity contribution in [3.05, 3.63) is 23.8 Å². The van der Waals surface area contributed by atoms with Crippen LogP contribution in [0.15, 0.2) is 23.1 Å². The number of hydrogen-bond acceptors (Lipinski definition) is 5. The van der Waals surface area contributed by atoms with Gasteiger partial charge in [0.05, 0.1) is 12.7 Å². The zero-order valence-electron chi connectivity index (χ0n) is 10.1. The van der Waals surface area contributed by atoms with E-state index >= 15 is 0 Å². The highest BCUT2D eigenvalue weighted by Gasteiger charge is 2.29. The van der Waals surface area contributed by atoms with E-state index in [1.54, 1.807) is 0 Å². The van der Waals surface area contributed by atoms with Gasteiger partial charge < -0.3 is 21.3 Å². The first-order valence-corrected chi connectivity index (χ1v) is 6.26. The van der Waals surface area contributed by atoms with E-state index in [0.29, 0.717) is 0 Å². The number of carbonyl (C=O) groups is 1. The highest BCUT2D eigenvalue weighted by molar-refractivity contribution is 8.00. The van der Waals surface area contributed by atoms with Crippen molar-refractivity contribution in [1.82, 2.24) is 0 Å². The van der Waals surface area contributed by atoms with Crippen LogP contribution in [0.25, 0.3) is 0 Å². The van der Waals surface area contributed by atoms with Gasteiger partial charge in [0, 0.05) is 22.7 Å². The molecule has 9 heteroatoms. The topological polar surface area (TPSA) is 95.6 Å². The standard InChI is InChI=1S/C11H13F3N2O3S/c12-11(13,14)20-9-2-6(10(15)19)1-7(3-9)16-4-8(18)5-17/h1-3,8,16-18H,4-5H2,(H2,15,19). The molecular formula is C11H13F3N2O3S. The highest BCUT2D eigenvalue weighted by atomic mass is 32.2. The van der Waals surface area contributed by atoms with Crippen molar-refractivity contribution in [2.75, 3.05) is 18.5 Å². The summed E-state index contributed by atoms with van der Waals surface area (Å²) < 4.78 is 37.0. The van der Waals surface area contributed by atoms with Gasteiger partial charge in [-0.2, -0.15) is 13.2 Å². The molecule has 0 spiro atoms. The van der Waals surface area contributed by atoms with Gasteiger partial charge in [-0.15, -0.1) is 0 Å². The van der Waals surface area contributed by atoms with Crippen molar-refractivity contribution in [2.45, 2.75) is 16.5 Å². The Bertz CT molecular complexity index is 482. The summed E-state index contributed by atoms with van der Waals surface area (Å²) in [6.07, 6.45) is -1.06. The van der Waals surface area contributed by atoms with Gasteiger partial charge in [0.15, 0.2) is 0 Å². The summed E-state index contributed by atoms with van der Waals surface area (Å²) in [5.41, 5.74) is 0.675. The third-order valence-corrected chi connectivity index (χ3v) is 2.88. The maximum atomic E-state index is 12.3. The van der Waals surface area contributed by atoms with Crippen molar-refractivity contribution in [3.8, 4) is 0 Å². The third-order valence-electron chi connectivity index (χ3n) is 2.18. The number of rotatable bonds is 6. The first kappa shape index (κ1) is 16.6. The van der Waals surface area contributed by atoms with Crippen LogP contribution in [-0.2, 0) is 0 Å². The summed E-state index contributed by atoms with van der Waals surface area (Å²) in [6, 6.07) is 3.48. The van der Waals surface area contributed by atoms with E-state index in [2.05, 4.69) is 5.32 Å². The molecule has 1 unspecified atom stereocenters. The number of halogens is 3. The average Bonchev–Trinajstić information content (AvgIpc) is 2.33. The lowest BCUT2D eigenvalue weighted by atomic mass is 10.2. The Morgan fingerprint density at radius 3 is 2.55 bits per heavy atom. The van der Waals surface area contributed by atoms with Gasteiger partial charge in [-0.25, -0.2) is 0 Å². The second kappa shape index (κ2) is 6.82. The second-order valence-corrected chi connectivity index (χ2v) is 5.01. The fourth-order valence-corrected chi connectivity index (χ4v) is 1.98. The van der Waals surface area contributed by atoms with Crippen LogP contribution in [0.4, 0.5) is 18.9 Å². The molecule has 1 rings (SSSR count). The lowest BCUT2D eigenvalue weighted by Crippen LogP contribution is -2.23. The minimum absolute atomic E-state index is 0.0746. The maximum absolute atomic E-state index is 12.3. The molecule has 20 heavy (non-hydrogen) atoms. The molecule has 0 saturated heterocycles. The summed E-state index contributed by atoms with van der Waals surface area (Å²) >= 11 is -0.373. The Hall–Kier alpha value is -1.45. The van der Waals surface area contributed by atoms with Crippen LogP contribution in [0.5, 0.6) is 0 Å². The van der Waals surface area contributed by atoms with Crippen molar-refractivity contribution in [1.29, 1.82) is 0 Å². The first-order chi connectivity index (χ1) is 9.21. The predicted molar refractivity (Wildman–Crippen MR) is 68.5 cm³/mol. The van der Waals surface area contributed by atoms with Gasteiger partial charge in [-0.1, -0.05) is 0 Å². The zero-order valence-corrected chi connectivity index (χ0v) is 11.0. The van der Waals surface area contributed by atoms with Gasteiger partial charge in [0.1, 0.15) is 0 Å². The molecule has 1 atom stereocenters. The van der Waals surface area contributed by atoms with Crippen molar-refractivity contribution < 1.29 is 28.2 Å². The normalized spacial score (nSPS) is 13.1. The molecule has 0 saturated carbocycles. The van der Waals surface area contributed by atoms with E-state index < -0.39 is 24.1 Å². The summed E-state index contributed by atoms with van der Waals surface area (Å²) in [7, 11) is 0. The highest BCUT2D eigenvalue weighted by Crippen LogP contribution is 2.38. The second-order valence-electron chi connectivity index (χ2n) is 3.88. The van der Waals surface area contributed by atoms with Gasteiger partial charge >= 0.3 is 5.51 Å². The molecule has 0 bridgehead atoms. The lowest BCUT2D eigenvalue weighted by Gasteiger charge is -2.13. The minimum Gasteiger partial charge on any atom is -0.394 e. The predicted octanol–water partition coefficient (Wildman–Crippen LogP) is 1.16. The Morgan fingerprint density at radius 2 is 2.05 bits per heavy atom. The van der Waals surface area contributed by atoms with E-state index in [-0.39, 0.29) is 34.5 Å². The first-order valence-electron chi connectivity index (χ1n) is 5.44.